The van der Waals surface area contributed by atoms with Gasteiger partial charge in [-0.25, -0.2) is 4.79 Å². The number of nitrogens with zero attached hydrogens (tertiary/aromatic N) is 3. The van der Waals surface area contributed by atoms with Crippen LogP contribution < -0.4 is 9.47 Å². The third kappa shape index (κ3) is 4.32. The summed E-state index contributed by atoms with van der Waals surface area (Å²) in [6.07, 6.45) is -0.835. The van der Waals surface area contributed by atoms with Crippen molar-refractivity contribution >= 4 is 11.7 Å². The highest BCUT2D eigenvalue weighted by Gasteiger charge is 2.23. The third-order valence-corrected chi connectivity index (χ3v) is 4.02. The Balaban J connectivity index is 1.76. The zero-order chi connectivity index (χ0) is 21.0. The highest BCUT2D eigenvalue weighted by Crippen LogP contribution is 2.28. The first kappa shape index (κ1) is 19.8. The van der Waals surface area contributed by atoms with Gasteiger partial charge in [0.15, 0.2) is 6.10 Å². The molecule has 0 fully saturated rings. The summed E-state index contributed by atoms with van der Waals surface area (Å²) in [4.78, 5) is 22.8. The van der Waals surface area contributed by atoms with E-state index in [0.717, 1.165) is 0 Å². The van der Waals surface area contributed by atoms with Gasteiger partial charge in [-0.3, -0.25) is 10.1 Å². The molecule has 0 unspecified atom stereocenters. The van der Waals surface area contributed by atoms with Crippen molar-refractivity contribution in [2.45, 2.75) is 13.0 Å². The van der Waals surface area contributed by atoms with Gasteiger partial charge in [0.2, 0.25) is 5.89 Å². The number of hydrogen-bond donors (Lipinski definition) is 0. The van der Waals surface area contributed by atoms with Crippen LogP contribution in [0.5, 0.6) is 11.5 Å². The molecule has 2 aromatic carbocycles. The van der Waals surface area contributed by atoms with Crippen LogP contribution in [-0.4, -0.2) is 35.3 Å². The number of nitro benzene ring substituents is 1. The van der Waals surface area contributed by atoms with E-state index in [9.17, 15) is 14.9 Å². The minimum Gasteiger partial charge on any atom is -0.497 e. The normalized spacial score (nSPS) is 11.6. The molecule has 0 radical (unpaired) electrons. The number of nitro groups is 1. The highest BCUT2D eigenvalue weighted by atomic mass is 16.6. The maximum atomic E-state index is 12.5. The highest BCUT2D eigenvalue weighted by molar-refractivity contribution is 5.93. The zero-order valence-electron chi connectivity index (χ0n) is 15.8. The summed E-state index contributed by atoms with van der Waals surface area (Å²) < 4.78 is 21.3. The van der Waals surface area contributed by atoms with E-state index in [1.165, 1.54) is 44.6 Å². The number of aromatic nitrogens is 2. The van der Waals surface area contributed by atoms with E-state index >= 15 is 0 Å². The molecule has 1 heterocycles. The minimum absolute atomic E-state index is 0.0528. The van der Waals surface area contributed by atoms with E-state index in [2.05, 4.69) is 10.2 Å². The van der Waals surface area contributed by atoms with Crippen LogP contribution >= 0.6 is 0 Å². The first-order valence-corrected chi connectivity index (χ1v) is 8.44. The minimum atomic E-state index is -0.835. The van der Waals surface area contributed by atoms with Gasteiger partial charge in [-0.2, -0.15) is 0 Å². The fourth-order valence-electron chi connectivity index (χ4n) is 2.49. The average molecular weight is 399 g/mol. The van der Waals surface area contributed by atoms with Gasteiger partial charge in [-0.1, -0.05) is 0 Å². The van der Waals surface area contributed by atoms with Crippen molar-refractivity contribution in [3.8, 4) is 23.0 Å². The molecule has 0 saturated heterocycles. The summed E-state index contributed by atoms with van der Waals surface area (Å²) in [6, 6.07) is 10.4. The molecule has 0 aliphatic rings. The van der Waals surface area contributed by atoms with Crippen LogP contribution in [0.2, 0.25) is 0 Å². The van der Waals surface area contributed by atoms with Crippen molar-refractivity contribution in [2.24, 2.45) is 0 Å². The molecule has 3 rings (SSSR count). The molecule has 29 heavy (non-hydrogen) atoms. The number of esters is 1. The van der Waals surface area contributed by atoms with Crippen molar-refractivity contribution < 1.29 is 28.3 Å². The van der Waals surface area contributed by atoms with Gasteiger partial charge in [-0.05, 0) is 37.3 Å². The molecule has 0 amide bonds. The van der Waals surface area contributed by atoms with Crippen LogP contribution in [-0.2, 0) is 4.74 Å². The van der Waals surface area contributed by atoms with Crippen LogP contribution in [0.25, 0.3) is 11.5 Å². The molecule has 1 atom stereocenters. The van der Waals surface area contributed by atoms with E-state index in [-0.39, 0.29) is 23.0 Å². The van der Waals surface area contributed by atoms with Crippen molar-refractivity contribution in [1.82, 2.24) is 10.2 Å². The van der Waals surface area contributed by atoms with Crippen LogP contribution in [0, 0.1) is 10.1 Å². The Labute approximate surface area is 165 Å². The molecule has 0 N–H and O–H groups in total. The smallest absolute Gasteiger partial charge is 0.342 e. The van der Waals surface area contributed by atoms with Gasteiger partial charge in [0.05, 0.1) is 19.1 Å². The molecule has 150 valence electrons. The molecular formula is C19H17N3O7. The molecule has 10 heteroatoms. The quantitative estimate of drug-likeness (QED) is 0.333. The summed E-state index contributed by atoms with van der Waals surface area (Å²) in [5.74, 6) is 0.386. The Morgan fingerprint density at radius 2 is 1.83 bits per heavy atom. The van der Waals surface area contributed by atoms with Crippen molar-refractivity contribution in [3.05, 3.63) is 64.0 Å². The van der Waals surface area contributed by atoms with E-state index in [4.69, 9.17) is 18.6 Å². The van der Waals surface area contributed by atoms with Crippen LogP contribution in [0.15, 0.2) is 46.9 Å². The van der Waals surface area contributed by atoms with E-state index in [1.807, 2.05) is 0 Å². The Bertz CT molecular complexity index is 1030. The number of carbonyl (C=O) groups is 1. The van der Waals surface area contributed by atoms with Crippen LogP contribution in [0.1, 0.15) is 29.3 Å². The number of carbonyl (C=O) groups excluding carboxylic acids is 1. The SMILES string of the molecule is COc1ccc(OC)c(C(=O)O[C@H](C)c2nnc(-c3ccc([N+](=O)[O-])cc3)o2)c1. The predicted molar refractivity (Wildman–Crippen MR) is 99.8 cm³/mol. The van der Waals surface area contributed by atoms with Crippen LogP contribution in [0.3, 0.4) is 0 Å². The predicted octanol–water partition coefficient (Wildman–Crippen LogP) is 3.58. The largest absolute Gasteiger partial charge is 0.497 e. The topological polar surface area (TPSA) is 127 Å². The summed E-state index contributed by atoms with van der Waals surface area (Å²) in [6.45, 7) is 1.58. The lowest BCUT2D eigenvalue weighted by Crippen LogP contribution is -2.11. The second-order valence-corrected chi connectivity index (χ2v) is 5.86. The Morgan fingerprint density at radius 1 is 1.10 bits per heavy atom. The van der Waals surface area contributed by atoms with Gasteiger partial charge < -0.3 is 18.6 Å². The summed E-state index contributed by atoms with van der Waals surface area (Å²) in [7, 11) is 2.92. The lowest BCUT2D eigenvalue weighted by atomic mass is 10.2. The fraction of sp³-hybridized carbons (Fsp3) is 0.211. The van der Waals surface area contributed by atoms with Crippen molar-refractivity contribution in [1.29, 1.82) is 0 Å². The Kier molecular flexibility index (Phi) is 5.72. The second kappa shape index (κ2) is 8.38. The lowest BCUT2D eigenvalue weighted by molar-refractivity contribution is -0.384. The first-order chi connectivity index (χ1) is 13.9. The number of ether oxygens (including phenoxy) is 3. The maximum absolute atomic E-state index is 12.5. The van der Waals surface area contributed by atoms with Gasteiger partial charge in [0, 0.05) is 17.7 Å². The Morgan fingerprint density at radius 3 is 2.45 bits per heavy atom. The number of methoxy groups -OCH3 is 2. The number of non-ortho nitro benzene ring substituents is 1. The summed E-state index contributed by atoms with van der Waals surface area (Å²) in [5, 5.41) is 18.5. The molecule has 0 aliphatic heterocycles. The number of benzene rings is 2. The van der Waals surface area contributed by atoms with E-state index < -0.39 is 17.0 Å². The maximum Gasteiger partial charge on any atom is 0.342 e. The molecule has 0 aliphatic carbocycles. The molecule has 0 bridgehead atoms. The summed E-state index contributed by atoms with van der Waals surface area (Å²) >= 11 is 0. The standard InChI is InChI=1S/C19H17N3O7/c1-11(28-19(23)15-10-14(26-2)8-9-16(15)27-3)17-20-21-18(29-17)12-4-6-13(7-5-12)22(24)25/h4-11H,1-3H3/t11-/m1/s1. The number of hydrogen-bond acceptors (Lipinski definition) is 9. The fourth-order valence-corrected chi connectivity index (χ4v) is 2.49. The molecule has 0 spiro atoms. The molecule has 3 aromatic rings. The molecule has 10 nitrogen and oxygen atoms in total. The Hall–Kier alpha value is -3.95. The second-order valence-electron chi connectivity index (χ2n) is 5.86. The lowest BCUT2D eigenvalue weighted by Gasteiger charge is -2.12. The van der Waals surface area contributed by atoms with Crippen molar-refractivity contribution in [3.63, 3.8) is 0 Å². The van der Waals surface area contributed by atoms with Crippen LogP contribution in [0.4, 0.5) is 5.69 Å². The van der Waals surface area contributed by atoms with Gasteiger partial charge in [0.25, 0.3) is 11.6 Å². The van der Waals surface area contributed by atoms with E-state index in [0.29, 0.717) is 17.1 Å². The molecule has 0 saturated carbocycles. The summed E-state index contributed by atoms with van der Waals surface area (Å²) in [5.41, 5.74) is 0.638. The van der Waals surface area contributed by atoms with Crippen molar-refractivity contribution in [2.75, 3.05) is 14.2 Å². The number of rotatable bonds is 7. The molecule has 1 aromatic heterocycles. The molecular weight excluding hydrogens is 382 g/mol. The first-order valence-electron chi connectivity index (χ1n) is 8.44. The van der Waals surface area contributed by atoms with Gasteiger partial charge >= 0.3 is 5.97 Å². The van der Waals surface area contributed by atoms with E-state index in [1.54, 1.807) is 19.1 Å². The average Bonchev–Trinajstić information content (AvgIpc) is 3.23. The monoisotopic (exact) mass is 399 g/mol. The van der Waals surface area contributed by atoms with Gasteiger partial charge in [0.1, 0.15) is 17.1 Å². The third-order valence-electron chi connectivity index (χ3n) is 4.02. The van der Waals surface area contributed by atoms with Gasteiger partial charge in [-0.15, -0.1) is 10.2 Å². The zero-order valence-corrected chi connectivity index (χ0v) is 15.8.